The minimum absolute atomic E-state index is 0.0815. The van der Waals surface area contributed by atoms with Crippen molar-refractivity contribution in [2.45, 2.75) is 19.6 Å². The van der Waals surface area contributed by atoms with Gasteiger partial charge in [0.15, 0.2) is 0 Å². The van der Waals surface area contributed by atoms with Crippen LogP contribution in [0.4, 0.5) is 10.8 Å². The number of β-amino-alcohol motifs (C(OH)–C–C–N with tert-alkyl or cyclic N) is 1. The van der Waals surface area contributed by atoms with Crippen molar-refractivity contribution in [3.63, 3.8) is 0 Å². The van der Waals surface area contributed by atoms with Crippen molar-refractivity contribution in [3.8, 4) is 0 Å². The van der Waals surface area contributed by atoms with Gasteiger partial charge >= 0.3 is 5.97 Å². The van der Waals surface area contributed by atoms with E-state index in [0.29, 0.717) is 36.0 Å². The first-order valence-corrected chi connectivity index (χ1v) is 11.0. The number of pyridine rings is 1. The Morgan fingerprint density at radius 2 is 2.12 bits per heavy atom. The lowest BCUT2D eigenvalue weighted by Crippen LogP contribution is -2.51. The molecule has 2 aromatic heterocycles. The van der Waals surface area contributed by atoms with Crippen LogP contribution >= 0.6 is 11.3 Å². The lowest BCUT2D eigenvalue weighted by atomic mass is 9.95. The van der Waals surface area contributed by atoms with Crippen LogP contribution < -0.4 is 4.90 Å². The van der Waals surface area contributed by atoms with Crippen LogP contribution in [0.3, 0.4) is 0 Å². The zero-order valence-electron chi connectivity index (χ0n) is 17.4. The first-order valence-electron chi connectivity index (χ1n) is 10.2. The Labute approximate surface area is 188 Å². The summed E-state index contributed by atoms with van der Waals surface area (Å²) in [6.45, 7) is 10.8. The number of aromatic nitrogens is 1. The molecule has 0 unspecified atom stereocenters. The first-order chi connectivity index (χ1) is 15.4. The Balaban J connectivity index is 1.27. The summed E-state index contributed by atoms with van der Waals surface area (Å²) >= 11 is 1.32. The lowest BCUT2D eigenvalue weighted by Gasteiger charge is -2.34. The zero-order valence-corrected chi connectivity index (χ0v) is 18.2. The number of fused-ring (bicyclic) bond motifs is 2. The number of cyclic esters (lactones) is 1. The van der Waals surface area contributed by atoms with Crippen LogP contribution in [0, 0.1) is 13.5 Å². The maximum atomic E-state index is 12.8. The third kappa shape index (κ3) is 3.52. The molecule has 2 aliphatic rings. The Bertz CT molecular complexity index is 1300. The predicted molar refractivity (Wildman–Crippen MR) is 120 cm³/mol. The highest BCUT2D eigenvalue weighted by Crippen LogP contribution is 2.33. The van der Waals surface area contributed by atoms with Crippen molar-refractivity contribution < 1.29 is 19.4 Å². The molecule has 1 amide bonds. The predicted octanol–water partition coefficient (Wildman–Crippen LogP) is 3.21. The first kappa shape index (κ1) is 20.6. The fourth-order valence-electron chi connectivity index (χ4n) is 4.29. The summed E-state index contributed by atoms with van der Waals surface area (Å²) in [5, 5.41) is 12.3. The second-order valence-electron chi connectivity index (χ2n) is 7.94. The highest BCUT2D eigenvalue weighted by molar-refractivity contribution is 7.22. The lowest BCUT2D eigenvalue weighted by molar-refractivity contribution is -0.121. The largest absolute Gasteiger partial charge is 0.457 e. The van der Waals surface area contributed by atoms with Crippen molar-refractivity contribution >= 4 is 44.2 Å². The SMILES string of the molecule is [C-]#[N+]c1cc2ccc(N3CCN(C[C@H](O)c4ccc5c(c4C)COC5=O)CC3=O)nc2s1. The molecule has 1 fully saturated rings. The highest BCUT2D eigenvalue weighted by Gasteiger charge is 2.30. The highest BCUT2D eigenvalue weighted by atomic mass is 32.1. The normalized spacial score (nSPS) is 17.3. The molecule has 0 bridgehead atoms. The van der Waals surface area contributed by atoms with Crippen LogP contribution in [0.15, 0.2) is 30.3 Å². The van der Waals surface area contributed by atoms with Gasteiger partial charge in [-0.3, -0.25) is 14.6 Å². The van der Waals surface area contributed by atoms with Crippen molar-refractivity contribution in [2.75, 3.05) is 31.1 Å². The molecule has 2 aliphatic heterocycles. The van der Waals surface area contributed by atoms with Gasteiger partial charge in [-0.15, -0.1) is 11.3 Å². The number of aliphatic hydroxyl groups excluding tert-OH is 1. The Morgan fingerprint density at radius 1 is 1.28 bits per heavy atom. The quantitative estimate of drug-likeness (QED) is 0.487. The number of nitrogens with zero attached hydrogens (tertiary/aromatic N) is 4. The number of carbonyl (C=O) groups excluding carboxylic acids is 2. The molecule has 3 aromatic rings. The summed E-state index contributed by atoms with van der Waals surface area (Å²) in [4.78, 5) is 36.9. The molecule has 1 atom stereocenters. The molecule has 8 nitrogen and oxygen atoms in total. The average molecular weight is 449 g/mol. The molecule has 162 valence electrons. The summed E-state index contributed by atoms with van der Waals surface area (Å²) in [5.74, 6) is 0.174. The molecule has 4 heterocycles. The topological polar surface area (TPSA) is 87.3 Å². The Morgan fingerprint density at radius 3 is 2.91 bits per heavy atom. The zero-order chi connectivity index (χ0) is 22.4. The molecule has 32 heavy (non-hydrogen) atoms. The van der Waals surface area contributed by atoms with Gasteiger partial charge in [-0.25, -0.2) is 14.6 Å². The molecule has 1 N–H and O–H groups in total. The minimum Gasteiger partial charge on any atom is -0.457 e. The molecular formula is C23H20N4O4S. The van der Waals surface area contributed by atoms with Crippen LogP contribution in [-0.2, 0) is 16.1 Å². The van der Waals surface area contributed by atoms with Crippen molar-refractivity contribution in [1.29, 1.82) is 0 Å². The van der Waals surface area contributed by atoms with E-state index in [9.17, 15) is 14.7 Å². The summed E-state index contributed by atoms with van der Waals surface area (Å²) < 4.78 is 5.09. The fraction of sp³-hybridized carbons (Fsp3) is 0.304. The van der Waals surface area contributed by atoms with Crippen molar-refractivity contribution in [2.24, 2.45) is 0 Å². The van der Waals surface area contributed by atoms with Gasteiger partial charge in [0.2, 0.25) is 10.9 Å². The summed E-state index contributed by atoms with van der Waals surface area (Å²) in [7, 11) is 0. The van der Waals surface area contributed by atoms with Crippen molar-refractivity contribution in [3.05, 3.63) is 64.0 Å². The van der Waals surface area contributed by atoms with E-state index in [4.69, 9.17) is 11.3 Å². The van der Waals surface area contributed by atoms with E-state index < -0.39 is 6.10 Å². The number of esters is 1. The number of carbonyl (C=O) groups is 2. The second kappa shape index (κ2) is 7.98. The molecule has 0 saturated carbocycles. The Kier molecular flexibility index (Phi) is 5.13. The summed E-state index contributed by atoms with van der Waals surface area (Å²) in [5.41, 5.74) is 2.99. The number of hydrogen-bond donors (Lipinski definition) is 1. The number of aliphatic hydroxyl groups is 1. The summed E-state index contributed by atoms with van der Waals surface area (Å²) in [6, 6.07) is 8.96. The number of benzene rings is 1. The van der Waals surface area contributed by atoms with Crippen LogP contribution in [0.5, 0.6) is 0 Å². The molecule has 1 saturated heterocycles. The van der Waals surface area contributed by atoms with Crippen LogP contribution in [0.1, 0.15) is 33.2 Å². The van der Waals surface area contributed by atoms with Crippen LogP contribution in [0.2, 0.25) is 0 Å². The van der Waals surface area contributed by atoms with E-state index in [1.807, 2.05) is 24.0 Å². The maximum Gasteiger partial charge on any atom is 0.338 e. The van der Waals surface area contributed by atoms with E-state index in [1.165, 1.54) is 11.3 Å². The third-order valence-electron chi connectivity index (χ3n) is 6.04. The van der Waals surface area contributed by atoms with E-state index in [0.717, 1.165) is 26.9 Å². The van der Waals surface area contributed by atoms with Crippen molar-refractivity contribution in [1.82, 2.24) is 9.88 Å². The number of rotatable bonds is 4. The summed E-state index contributed by atoms with van der Waals surface area (Å²) in [6.07, 6.45) is -0.775. The van der Waals surface area contributed by atoms with Gasteiger partial charge in [-0.1, -0.05) is 6.07 Å². The number of ether oxygens (including phenoxy) is 1. The standard InChI is InChI=1S/C23H20N4O4S/c1-13-15(4-5-16-17(13)12-31-23(16)30)18(28)10-26-7-8-27(21(29)11-26)19-6-3-14-9-20(24-2)32-22(14)25-19/h3-6,9,18,28H,7-8,10-12H2,1H3/t18-/m0/s1. The molecule has 0 radical (unpaired) electrons. The minimum atomic E-state index is -0.775. The van der Waals surface area contributed by atoms with E-state index in [1.54, 1.807) is 23.1 Å². The van der Waals surface area contributed by atoms with Crippen LogP contribution in [-0.4, -0.2) is 53.0 Å². The molecule has 1 aromatic carbocycles. The second-order valence-corrected chi connectivity index (χ2v) is 8.95. The molecule has 5 rings (SSSR count). The number of amides is 1. The average Bonchev–Trinajstić information content (AvgIpc) is 3.37. The monoisotopic (exact) mass is 448 g/mol. The smallest absolute Gasteiger partial charge is 0.338 e. The molecule has 0 spiro atoms. The van der Waals surface area contributed by atoms with Gasteiger partial charge < -0.3 is 9.84 Å². The maximum absolute atomic E-state index is 12.8. The number of thiophene rings is 1. The van der Waals surface area contributed by atoms with Gasteiger partial charge in [0.25, 0.3) is 0 Å². The number of piperazine rings is 1. The Hall–Kier alpha value is -3.32. The van der Waals surface area contributed by atoms with E-state index in [-0.39, 0.29) is 25.0 Å². The van der Waals surface area contributed by atoms with Crippen LogP contribution in [0.25, 0.3) is 15.1 Å². The van der Waals surface area contributed by atoms with Gasteiger partial charge in [-0.05, 0) is 47.7 Å². The fourth-order valence-corrected chi connectivity index (χ4v) is 5.11. The molecular weight excluding hydrogens is 428 g/mol. The number of hydrogen-bond acceptors (Lipinski definition) is 7. The molecule has 9 heteroatoms. The molecule has 0 aliphatic carbocycles. The van der Waals surface area contributed by atoms with Gasteiger partial charge in [0, 0.05) is 25.2 Å². The van der Waals surface area contributed by atoms with Gasteiger partial charge in [0.1, 0.15) is 17.3 Å². The van der Waals surface area contributed by atoms with Gasteiger partial charge in [0.05, 0.1) is 24.8 Å². The van der Waals surface area contributed by atoms with E-state index in [2.05, 4.69) is 9.83 Å². The number of anilines is 1. The third-order valence-corrected chi connectivity index (χ3v) is 6.98. The van der Waals surface area contributed by atoms with Gasteiger partial charge in [-0.2, -0.15) is 0 Å². The van der Waals surface area contributed by atoms with E-state index >= 15 is 0 Å².